The third-order valence-corrected chi connectivity index (χ3v) is 5.72. The summed E-state index contributed by atoms with van der Waals surface area (Å²) in [6.07, 6.45) is 0. The Bertz CT molecular complexity index is 1200. The van der Waals surface area contributed by atoms with Crippen molar-refractivity contribution in [2.24, 2.45) is 0 Å². The third-order valence-electron chi connectivity index (χ3n) is 4.23. The van der Waals surface area contributed by atoms with E-state index in [4.69, 9.17) is 17.0 Å². The van der Waals surface area contributed by atoms with Crippen molar-refractivity contribution in [2.75, 3.05) is 11.9 Å². The Labute approximate surface area is 191 Å². The molecule has 0 unspecified atom stereocenters. The Hall–Kier alpha value is -2.81. The molecule has 0 bridgehead atoms. The van der Waals surface area contributed by atoms with Crippen molar-refractivity contribution in [3.05, 3.63) is 76.6 Å². The van der Waals surface area contributed by atoms with Gasteiger partial charge in [0, 0.05) is 15.4 Å². The fraction of sp³-hybridized carbons (Fsp3) is 0.0455. The third kappa shape index (κ3) is 5.02. The summed E-state index contributed by atoms with van der Waals surface area (Å²) in [4.78, 5) is 16.7. The summed E-state index contributed by atoms with van der Waals surface area (Å²) in [6, 6.07) is 21.5. The first kappa shape index (κ1) is 20.5. The molecule has 0 radical (unpaired) electrons. The molecule has 1 aromatic heterocycles. The molecule has 0 aliphatic carbocycles. The Morgan fingerprint density at radius 3 is 2.67 bits per heavy atom. The maximum atomic E-state index is 12.1. The molecule has 8 heteroatoms. The van der Waals surface area contributed by atoms with Crippen LogP contribution in [0.3, 0.4) is 0 Å². The Morgan fingerprint density at radius 1 is 1.07 bits per heavy atom. The van der Waals surface area contributed by atoms with Crippen molar-refractivity contribution in [2.45, 2.75) is 0 Å². The first-order valence-electron chi connectivity index (χ1n) is 9.01. The maximum absolute atomic E-state index is 12.1. The summed E-state index contributed by atoms with van der Waals surface area (Å²) in [5.41, 5.74) is 1.90. The van der Waals surface area contributed by atoms with Gasteiger partial charge in [-0.25, -0.2) is 4.98 Å². The fourth-order valence-electron chi connectivity index (χ4n) is 2.87. The lowest BCUT2D eigenvalue weighted by molar-refractivity contribution is -0.121. The molecule has 1 amide bonds. The number of thiocarbonyl (C=S) groups is 1. The topological polar surface area (TPSA) is 63.2 Å². The number of hydrogen-bond acceptors (Lipinski definition) is 5. The highest BCUT2D eigenvalue weighted by molar-refractivity contribution is 9.10. The van der Waals surface area contributed by atoms with Gasteiger partial charge in [-0.15, -0.1) is 11.3 Å². The normalized spacial score (nSPS) is 10.6. The van der Waals surface area contributed by atoms with E-state index in [2.05, 4.69) is 49.7 Å². The van der Waals surface area contributed by atoms with Crippen molar-refractivity contribution in [3.8, 4) is 17.0 Å². The smallest absolute Gasteiger partial charge is 0.264 e. The van der Waals surface area contributed by atoms with Crippen LogP contribution in [0, 0.1) is 0 Å². The number of carbonyl (C=O) groups is 1. The first-order chi connectivity index (χ1) is 14.6. The molecule has 5 nitrogen and oxygen atoms in total. The Kier molecular flexibility index (Phi) is 6.37. The average molecular weight is 498 g/mol. The molecule has 0 atom stereocenters. The minimum absolute atomic E-state index is 0.136. The number of benzene rings is 3. The van der Waals surface area contributed by atoms with E-state index in [9.17, 15) is 4.79 Å². The summed E-state index contributed by atoms with van der Waals surface area (Å²) in [6.45, 7) is -0.136. The Morgan fingerprint density at radius 2 is 1.83 bits per heavy atom. The zero-order valence-corrected chi connectivity index (χ0v) is 18.8. The van der Waals surface area contributed by atoms with Crippen LogP contribution in [-0.4, -0.2) is 22.6 Å². The van der Waals surface area contributed by atoms with Crippen LogP contribution in [0.25, 0.3) is 22.0 Å². The molecule has 0 aliphatic heterocycles. The monoisotopic (exact) mass is 497 g/mol. The lowest BCUT2D eigenvalue weighted by Crippen LogP contribution is -2.37. The number of rotatable bonds is 5. The largest absolute Gasteiger partial charge is 0.484 e. The number of carbonyl (C=O) groups excluding carboxylic acids is 1. The zero-order valence-electron chi connectivity index (χ0n) is 15.6. The van der Waals surface area contributed by atoms with Gasteiger partial charge in [-0.1, -0.05) is 58.4 Å². The predicted molar refractivity (Wildman–Crippen MR) is 129 cm³/mol. The maximum Gasteiger partial charge on any atom is 0.264 e. The molecule has 4 rings (SSSR count). The summed E-state index contributed by atoms with van der Waals surface area (Å²) in [7, 11) is 0. The van der Waals surface area contributed by atoms with E-state index in [-0.39, 0.29) is 17.6 Å². The van der Waals surface area contributed by atoms with Crippen LogP contribution in [0.2, 0.25) is 0 Å². The van der Waals surface area contributed by atoms with Gasteiger partial charge in [-0.05, 0) is 47.3 Å². The molecule has 0 saturated heterocycles. The van der Waals surface area contributed by atoms with Gasteiger partial charge >= 0.3 is 0 Å². The molecule has 30 heavy (non-hydrogen) atoms. The number of hydrogen-bond donors (Lipinski definition) is 2. The highest BCUT2D eigenvalue weighted by Gasteiger charge is 2.11. The molecule has 0 aliphatic rings. The summed E-state index contributed by atoms with van der Waals surface area (Å²) in [5, 5.41) is 10.6. The number of aromatic nitrogens is 1. The molecule has 0 saturated carbocycles. The van der Waals surface area contributed by atoms with Crippen molar-refractivity contribution >= 4 is 66.4 Å². The predicted octanol–water partition coefficient (Wildman–Crippen LogP) is 5.62. The van der Waals surface area contributed by atoms with E-state index in [1.54, 1.807) is 12.1 Å². The van der Waals surface area contributed by atoms with E-state index in [0.717, 1.165) is 26.5 Å². The number of nitrogens with one attached hydrogen (secondary N) is 2. The van der Waals surface area contributed by atoms with E-state index in [0.29, 0.717) is 10.9 Å². The molecule has 4 aromatic rings. The number of nitrogens with zero attached hydrogens (tertiary/aromatic N) is 1. The molecule has 0 fully saturated rings. The summed E-state index contributed by atoms with van der Waals surface area (Å²) >= 11 is 10.0. The van der Waals surface area contributed by atoms with Gasteiger partial charge in [0.15, 0.2) is 16.9 Å². The van der Waals surface area contributed by atoms with Crippen LogP contribution < -0.4 is 15.4 Å². The second-order valence-electron chi connectivity index (χ2n) is 6.31. The quantitative estimate of drug-likeness (QED) is 0.350. The van der Waals surface area contributed by atoms with E-state index in [1.165, 1.54) is 11.3 Å². The molecule has 150 valence electrons. The van der Waals surface area contributed by atoms with Crippen LogP contribution in [0.5, 0.6) is 5.75 Å². The van der Waals surface area contributed by atoms with Gasteiger partial charge in [0.25, 0.3) is 5.91 Å². The lowest BCUT2D eigenvalue weighted by Gasteiger charge is -2.09. The molecule has 2 N–H and O–H groups in total. The standard InChI is InChI=1S/C22H16BrN3O2S2/c23-15-8-10-16(11-9-15)28-12-20(27)25-21(29)26-22-24-19(13-30-22)18-7-3-5-14-4-1-2-6-17(14)18/h1-11,13H,12H2,(H2,24,25,26,27,29). The van der Waals surface area contributed by atoms with Gasteiger partial charge < -0.3 is 10.1 Å². The van der Waals surface area contributed by atoms with Crippen LogP contribution in [-0.2, 0) is 4.79 Å². The highest BCUT2D eigenvalue weighted by Crippen LogP contribution is 2.30. The second-order valence-corrected chi connectivity index (χ2v) is 8.49. The van der Waals surface area contributed by atoms with Crippen molar-refractivity contribution in [1.29, 1.82) is 0 Å². The van der Waals surface area contributed by atoms with E-state index >= 15 is 0 Å². The van der Waals surface area contributed by atoms with Gasteiger partial charge in [-0.2, -0.15) is 0 Å². The van der Waals surface area contributed by atoms with Crippen LogP contribution in [0.1, 0.15) is 0 Å². The molecule has 3 aromatic carbocycles. The molecular weight excluding hydrogens is 482 g/mol. The van der Waals surface area contributed by atoms with Gasteiger partial charge in [0.05, 0.1) is 5.69 Å². The Balaban J connectivity index is 1.35. The van der Waals surface area contributed by atoms with Gasteiger partial charge in [-0.3, -0.25) is 10.1 Å². The number of thiazole rings is 1. The van der Waals surface area contributed by atoms with Crippen LogP contribution in [0.4, 0.5) is 5.13 Å². The fourth-order valence-corrected chi connectivity index (χ4v) is 4.13. The van der Waals surface area contributed by atoms with Gasteiger partial charge in [0.1, 0.15) is 5.75 Å². The number of ether oxygens (including phenoxy) is 1. The number of amides is 1. The minimum atomic E-state index is -0.346. The molecular formula is C22H16BrN3O2S2. The first-order valence-corrected chi connectivity index (χ1v) is 11.1. The van der Waals surface area contributed by atoms with E-state index in [1.807, 2.05) is 41.8 Å². The minimum Gasteiger partial charge on any atom is -0.484 e. The van der Waals surface area contributed by atoms with Crippen molar-refractivity contribution in [1.82, 2.24) is 10.3 Å². The number of fused-ring (bicyclic) bond motifs is 1. The number of halogens is 1. The van der Waals surface area contributed by atoms with Crippen LogP contribution in [0.15, 0.2) is 76.6 Å². The molecule has 1 heterocycles. The summed E-state index contributed by atoms with van der Waals surface area (Å²) in [5.74, 6) is 0.258. The molecule has 0 spiro atoms. The second kappa shape index (κ2) is 9.34. The van der Waals surface area contributed by atoms with Crippen molar-refractivity contribution in [3.63, 3.8) is 0 Å². The number of anilines is 1. The van der Waals surface area contributed by atoms with Gasteiger partial charge in [0.2, 0.25) is 0 Å². The van der Waals surface area contributed by atoms with E-state index < -0.39 is 0 Å². The lowest BCUT2D eigenvalue weighted by atomic mass is 10.0. The average Bonchev–Trinajstić information content (AvgIpc) is 3.21. The van der Waals surface area contributed by atoms with Crippen molar-refractivity contribution < 1.29 is 9.53 Å². The SMILES string of the molecule is O=C(COc1ccc(Br)cc1)NC(=S)Nc1nc(-c2cccc3ccccc23)cs1. The highest BCUT2D eigenvalue weighted by atomic mass is 79.9. The van der Waals surface area contributed by atoms with Crippen LogP contribution >= 0.6 is 39.5 Å². The zero-order chi connectivity index (χ0) is 20.9. The summed E-state index contributed by atoms with van der Waals surface area (Å²) < 4.78 is 6.38.